The van der Waals surface area contributed by atoms with E-state index in [0.29, 0.717) is 18.6 Å². The summed E-state index contributed by atoms with van der Waals surface area (Å²) in [5, 5.41) is 0. The van der Waals surface area contributed by atoms with Crippen molar-refractivity contribution in [1.29, 1.82) is 0 Å². The number of rotatable bonds is 4. The van der Waals surface area contributed by atoms with E-state index in [2.05, 4.69) is 4.84 Å². The number of alkyl halides is 1. The van der Waals surface area contributed by atoms with Crippen LogP contribution in [0.5, 0.6) is 0 Å². The number of halogens is 1. The van der Waals surface area contributed by atoms with Crippen LogP contribution in [-0.4, -0.2) is 6.61 Å². The first-order chi connectivity index (χ1) is 6.54. The Kier molecular flexibility index (Phi) is 3.61. The molecule has 1 aromatic rings. The average molecular weight is 197 g/mol. The van der Waals surface area contributed by atoms with Gasteiger partial charge in [-0.2, -0.15) is 0 Å². The van der Waals surface area contributed by atoms with Crippen LogP contribution >= 0.6 is 0 Å². The van der Waals surface area contributed by atoms with Crippen molar-refractivity contribution < 1.29 is 9.23 Å². The molecule has 0 bridgehead atoms. The molecule has 1 rings (SSSR count). The first-order valence-electron chi connectivity index (χ1n) is 4.64. The maximum absolute atomic E-state index is 13.6. The van der Waals surface area contributed by atoms with Gasteiger partial charge in [-0.3, -0.25) is 0 Å². The molecule has 0 fully saturated rings. The van der Waals surface area contributed by atoms with E-state index in [9.17, 15) is 4.39 Å². The summed E-state index contributed by atoms with van der Waals surface area (Å²) in [7, 11) is 0. The fourth-order valence-corrected chi connectivity index (χ4v) is 1.27. The summed E-state index contributed by atoms with van der Waals surface area (Å²) in [5.74, 6) is 4.93. The van der Waals surface area contributed by atoms with Gasteiger partial charge in [0.2, 0.25) is 0 Å². The zero-order chi connectivity index (χ0) is 10.6. The number of nitrogens with two attached hydrogens (primary N) is 1. The number of hydrogen-bond donors (Lipinski definition) is 1. The maximum Gasteiger partial charge on any atom is 0.130 e. The third kappa shape index (κ3) is 3.09. The third-order valence-electron chi connectivity index (χ3n) is 2.12. The minimum absolute atomic E-state index is 0.455. The summed E-state index contributed by atoms with van der Waals surface area (Å²) in [6.07, 6.45) is 0.709. The quantitative estimate of drug-likeness (QED) is 0.752. The lowest BCUT2D eigenvalue weighted by atomic mass is 9.97. The SMILES string of the molecule is CC(C)(F)c1cccc(CCON)c1. The zero-order valence-electron chi connectivity index (χ0n) is 8.59. The lowest BCUT2D eigenvalue weighted by molar-refractivity contribution is 0.141. The van der Waals surface area contributed by atoms with Gasteiger partial charge in [-0.05, 0) is 31.4 Å². The molecule has 0 aliphatic carbocycles. The lowest BCUT2D eigenvalue weighted by Gasteiger charge is -2.15. The topological polar surface area (TPSA) is 35.2 Å². The van der Waals surface area contributed by atoms with Gasteiger partial charge in [-0.1, -0.05) is 24.3 Å². The van der Waals surface area contributed by atoms with Crippen LogP contribution in [0, 0.1) is 0 Å². The molecule has 2 nitrogen and oxygen atoms in total. The molecule has 0 saturated carbocycles. The van der Waals surface area contributed by atoms with E-state index in [1.54, 1.807) is 19.9 Å². The molecule has 2 N–H and O–H groups in total. The van der Waals surface area contributed by atoms with Crippen LogP contribution in [0.2, 0.25) is 0 Å². The van der Waals surface area contributed by atoms with E-state index in [1.807, 2.05) is 18.2 Å². The highest BCUT2D eigenvalue weighted by molar-refractivity contribution is 5.27. The summed E-state index contributed by atoms with van der Waals surface area (Å²) in [4.78, 5) is 4.48. The molecule has 1 aromatic carbocycles. The number of benzene rings is 1. The van der Waals surface area contributed by atoms with Gasteiger partial charge in [0, 0.05) is 0 Å². The monoisotopic (exact) mass is 197 g/mol. The van der Waals surface area contributed by atoms with Crippen LogP contribution in [0.15, 0.2) is 24.3 Å². The van der Waals surface area contributed by atoms with Gasteiger partial charge in [0.1, 0.15) is 5.67 Å². The van der Waals surface area contributed by atoms with Gasteiger partial charge in [0.05, 0.1) is 6.61 Å². The normalized spacial score (nSPS) is 11.7. The molecule has 0 aliphatic rings. The van der Waals surface area contributed by atoms with Gasteiger partial charge in [-0.25, -0.2) is 10.3 Å². The first-order valence-corrected chi connectivity index (χ1v) is 4.64. The highest BCUT2D eigenvalue weighted by atomic mass is 19.1. The largest absolute Gasteiger partial charge is 0.304 e. The van der Waals surface area contributed by atoms with Crippen molar-refractivity contribution in [3.8, 4) is 0 Å². The van der Waals surface area contributed by atoms with Crippen LogP contribution in [0.25, 0.3) is 0 Å². The Morgan fingerprint density at radius 3 is 2.71 bits per heavy atom. The predicted molar refractivity (Wildman–Crippen MR) is 54.4 cm³/mol. The summed E-state index contributed by atoms with van der Waals surface area (Å²) < 4.78 is 13.6. The Morgan fingerprint density at radius 1 is 1.43 bits per heavy atom. The molecule has 0 saturated heterocycles. The van der Waals surface area contributed by atoms with Gasteiger partial charge in [0.25, 0.3) is 0 Å². The fourth-order valence-electron chi connectivity index (χ4n) is 1.27. The molecule has 78 valence electrons. The zero-order valence-corrected chi connectivity index (χ0v) is 8.59. The summed E-state index contributed by atoms with van der Waals surface area (Å²) in [5.41, 5.74) is 0.435. The van der Waals surface area contributed by atoms with E-state index >= 15 is 0 Å². The highest BCUT2D eigenvalue weighted by Crippen LogP contribution is 2.24. The molecule has 14 heavy (non-hydrogen) atoms. The van der Waals surface area contributed by atoms with Crippen LogP contribution < -0.4 is 5.90 Å². The van der Waals surface area contributed by atoms with Crippen molar-refractivity contribution >= 4 is 0 Å². The first kappa shape index (κ1) is 11.1. The second-order valence-electron chi connectivity index (χ2n) is 3.79. The van der Waals surface area contributed by atoms with Crippen LogP contribution in [0.4, 0.5) is 4.39 Å². The summed E-state index contributed by atoms with van der Waals surface area (Å²) in [6.45, 7) is 3.55. The smallest absolute Gasteiger partial charge is 0.130 e. The standard InChI is InChI=1S/C11H16FNO/c1-11(2,12)10-5-3-4-9(8-10)6-7-14-13/h3-5,8H,6-7,13H2,1-2H3. The molecular formula is C11H16FNO. The third-order valence-corrected chi connectivity index (χ3v) is 2.12. The molecule has 0 heterocycles. The van der Waals surface area contributed by atoms with E-state index in [4.69, 9.17) is 5.90 Å². The lowest BCUT2D eigenvalue weighted by Crippen LogP contribution is -2.10. The van der Waals surface area contributed by atoms with Crippen molar-refractivity contribution in [2.45, 2.75) is 25.9 Å². The van der Waals surface area contributed by atoms with Crippen LogP contribution in [0.3, 0.4) is 0 Å². The van der Waals surface area contributed by atoms with E-state index < -0.39 is 5.67 Å². The second-order valence-corrected chi connectivity index (χ2v) is 3.79. The highest BCUT2D eigenvalue weighted by Gasteiger charge is 2.18. The molecule has 0 unspecified atom stereocenters. The predicted octanol–water partition coefficient (Wildman–Crippen LogP) is 2.32. The Balaban J connectivity index is 2.79. The molecular weight excluding hydrogens is 181 g/mol. The Hall–Kier alpha value is -0.930. The maximum atomic E-state index is 13.6. The van der Waals surface area contributed by atoms with Crippen LogP contribution in [-0.2, 0) is 16.9 Å². The van der Waals surface area contributed by atoms with Crippen molar-refractivity contribution in [2.75, 3.05) is 6.61 Å². The van der Waals surface area contributed by atoms with Crippen molar-refractivity contribution in [3.63, 3.8) is 0 Å². The Morgan fingerprint density at radius 2 is 2.14 bits per heavy atom. The van der Waals surface area contributed by atoms with Gasteiger partial charge >= 0.3 is 0 Å². The van der Waals surface area contributed by atoms with Crippen LogP contribution in [0.1, 0.15) is 25.0 Å². The van der Waals surface area contributed by atoms with Crippen molar-refractivity contribution in [3.05, 3.63) is 35.4 Å². The minimum Gasteiger partial charge on any atom is -0.304 e. The van der Waals surface area contributed by atoms with E-state index in [1.165, 1.54) is 0 Å². The van der Waals surface area contributed by atoms with Crippen molar-refractivity contribution in [2.24, 2.45) is 5.90 Å². The summed E-state index contributed by atoms with van der Waals surface area (Å²) >= 11 is 0. The Labute approximate surface area is 83.8 Å². The average Bonchev–Trinajstić information content (AvgIpc) is 2.14. The van der Waals surface area contributed by atoms with E-state index in [0.717, 1.165) is 5.56 Å². The van der Waals surface area contributed by atoms with Gasteiger partial charge in [-0.15, -0.1) is 0 Å². The molecule has 3 heteroatoms. The molecule has 0 amide bonds. The molecule has 0 aliphatic heterocycles. The molecule has 0 atom stereocenters. The van der Waals surface area contributed by atoms with Gasteiger partial charge in [0.15, 0.2) is 0 Å². The Bertz CT molecular complexity index is 294. The van der Waals surface area contributed by atoms with Gasteiger partial charge < -0.3 is 4.84 Å². The number of hydrogen-bond acceptors (Lipinski definition) is 2. The summed E-state index contributed by atoms with van der Waals surface area (Å²) in [6, 6.07) is 7.42. The molecule has 0 spiro atoms. The van der Waals surface area contributed by atoms with E-state index in [-0.39, 0.29) is 0 Å². The fraction of sp³-hybridized carbons (Fsp3) is 0.455. The minimum atomic E-state index is -1.29. The van der Waals surface area contributed by atoms with Crippen molar-refractivity contribution in [1.82, 2.24) is 0 Å². The molecule has 0 aromatic heterocycles. The second kappa shape index (κ2) is 4.53. The molecule has 0 radical (unpaired) electrons.